The van der Waals surface area contributed by atoms with Crippen molar-refractivity contribution in [3.8, 4) is 17.4 Å². The topological polar surface area (TPSA) is 66.5 Å². The van der Waals surface area contributed by atoms with Gasteiger partial charge in [0.15, 0.2) is 5.43 Å². The third-order valence-electron chi connectivity index (χ3n) is 3.90. The summed E-state index contributed by atoms with van der Waals surface area (Å²) in [5.41, 5.74) is 1.88. The molecule has 0 saturated carbocycles. The smallest absolute Gasteiger partial charge is 0.209 e. The van der Waals surface area contributed by atoms with Gasteiger partial charge in [0.25, 0.3) is 0 Å². The van der Waals surface area contributed by atoms with E-state index in [1.54, 1.807) is 30.1 Å². The second kappa shape index (κ2) is 5.42. The predicted molar refractivity (Wildman–Crippen MR) is 90.2 cm³/mol. The van der Waals surface area contributed by atoms with Crippen molar-refractivity contribution in [3.63, 3.8) is 0 Å². The van der Waals surface area contributed by atoms with Crippen molar-refractivity contribution in [3.05, 3.63) is 59.0 Å². The molecular weight excluding hydrogens is 308 g/mol. The first-order valence-corrected chi connectivity index (χ1v) is 7.33. The summed E-state index contributed by atoms with van der Waals surface area (Å²) in [5, 5.41) is 0.381. The largest absolute Gasteiger partial charge is 0.496 e. The number of methoxy groups -OCH3 is 2. The van der Waals surface area contributed by atoms with Crippen LogP contribution in [0, 0.1) is 0 Å². The van der Waals surface area contributed by atoms with Crippen molar-refractivity contribution in [1.29, 1.82) is 0 Å². The number of imidazole rings is 1. The first-order chi connectivity index (χ1) is 11.7. The van der Waals surface area contributed by atoms with Gasteiger partial charge >= 0.3 is 0 Å². The van der Waals surface area contributed by atoms with E-state index in [2.05, 4.69) is 4.98 Å². The highest BCUT2D eigenvalue weighted by molar-refractivity contribution is 5.86. The van der Waals surface area contributed by atoms with E-state index in [9.17, 15) is 4.79 Å². The van der Waals surface area contributed by atoms with Crippen LogP contribution in [-0.2, 0) is 0 Å². The summed E-state index contributed by atoms with van der Waals surface area (Å²) < 4.78 is 18.2. The van der Waals surface area contributed by atoms with Gasteiger partial charge < -0.3 is 13.9 Å². The lowest BCUT2D eigenvalue weighted by Crippen LogP contribution is -2.06. The fourth-order valence-electron chi connectivity index (χ4n) is 2.75. The molecule has 24 heavy (non-hydrogen) atoms. The van der Waals surface area contributed by atoms with Crippen LogP contribution in [0.1, 0.15) is 0 Å². The van der Waals surface area contributed by atoms with Crippen LogP contribution in [0.15, 0.2) is 58.0 Å². The minimum absolute atomic E-state index is 0.191. The molecular formula is C18H14N2O4. The number of benzene rings is 2. The summed E-state index contributed by atoms with van der Waals surface area (Å²) in [6.45, 7) is 0. The van der Waals surface area contributed by atoms with Crippen molar-refractivity contribution in [2.75, 3.05) is 14.2 Å². The number of nitrogens with zero attached hydrogens (tertiary/aromatic N) is 2. The van der Waals surface area contributed by atoms with Gasteiger partial charge in [-0.15, -0.1) is 0 Å². The summed E-state index contributed by atoms with van der Waals surface area (Å²) in [7, 11) is 3.05. The Balaban J connectivity index is 2.03. The Hall–Kier alpha value is -3.28. The molecule has 2 aromatic carbocycles. The Bertz CT molecular complexity index is 1110. The highest BCUT2D eigenvalue weighted by Crippen LogP contribution is 2.30. The lowest BCUT2D eigenvalue weighted by Gasteiger charge is -2.09. The molecule has 6 heteroatoms. The third kappa shape index (κ3) is 2.11. The molecule has 0 spiro atoms. The molecule has 0 aliphatic rings. The summed E-state index contributed by atoms with van der Waals surface area (Å²) in [5.74, 6) is 1.35. The summed E-state index contributed by atoms with van der Waals surface area (Å²) >= 11 is 0. The molecule has 0 saturated heterocycles. The molecule has 0 fully saturated rings. The Labute approximate surface area is 136 Å². The van der Waals surface area contributed by atoms with Gasteiger partial charge in [0.1, 0.15) is 28.8 Å². The fourth-order valence-corrected chi connectivity index (χ4v) is 2.75. The van der Waals surface area contributed by atoms with Crippen molar-refractivity contribution in [2.45, 2.75) is 0 Å². The molecule has 0 unspecified atom stereocenters. The lowest BCUT2D eigenvalue weighted by molar-refractivity contribution is 0.396. The molecule has 4 aromatic rings. The Morgan fingerprint density at radius 3 is 2.71 bits per heavy atom. The number of hydrogen-bond donors (Lipinski definition) is 0. The molecule has 0 aliphatic heterocycles. The van der Waals surface area contributed by atoms with Gasteiger partial charge in [0, 0.05) is 18.2 Å². The van der Waals surface area contributed by atoms with E-state index in [-0.39, 0.29) is 5.43 Å². The molecule has 0 amide bonds. The SMILES string of the molecule is COc1cc(OC)c2c(=O)cc(-n3cnc4ccccc43)oc2c1. The first kappa shape index (κ1) is 14.3. The molecule has 0 atom stereocenters. The van der Waals surface area contributed by atoms with E-state index in [1.165, 1.54) is 13.2 Å². The quantitative estimate of drug-likeness (QED) is 0.580. The van der Waals surface area contributed by atoms with E-state index >= 15 is 0 Å². The molecule has 6 nitrogen and oxygen atoms in total. The zero-order chi connectivity index (χ0) is 16.7. The standard InChI is InChI=1S/C18H14N2O4/c1-22-11-7-15(23-2)18-14(21)9-17(24-16(18)8-11)20-10-19-12-5-3-4-6-13(12)20/h3-10H,1-2H3. The van der Waals surface area contributed by atoms with Crippen molar-refractivity contribution in [1.82, 2.24) is 9.55 Å². The maximum atomic E-state index is 12.6. The van der Waals surface area contributed by atoms with Gasteiger partial charge in [-0.25, -0.2) is 4.98 Å². The summed E-state index contributed by atoms with van der Waals surface area (Å²) in [6, 6.07) is 12.4. The van der Waals surface area contributed by atoms with Crippen LogP contribution in [0.2, 0.25) is 0 Å². The molecule has 0 bridgehead atoms. The van der Waals surface area contributed by atoms with Gasteiger partial charge in [-0.2, -0.15) is 0 Å². The van der Waals surface area contributed by atoms with E-state index in [1.807, 2.05) is 24.3 Å². The number of fused-ring (bicyclic) bond motifs is 2. The van der Waals surface area contributed by atoms with Crippen LogP contribution >= 0.6 is 0 Å². The van der Waals surface area contributed by atoms with Crippen molar-refractivity contribution in [2.24, 2.45) is 0 Å². The Kier molecular flexibility index (Phi) is 3.23. The monoisotopic (exact) mass is 322 g/mol. The highest BCUT2D eigenvalue weighted by atomic mass is 16.5. The van der Waals surface area contributed by atoms with Crippen LogP contribution in [0.25, 0.3) is 27.9 Å². The van der Waals surface area contributed by atoms with Crippen LogP contribution in [-0.4, -0.2) is 23.8 Å². The van der Waals surface area contributed by atoms with Gasteiger partial charge in [-0.05, 0) is 12.1 Å². The summed E-state index contributed by atoms with van der Waals surface area (Å²) in [4.78, 5) is 16.9. The first-order valence-electron chi connectivity index (χ1n) is 7.33. The van der Waals surface area contributed by atoms with Gasteiger partial charge in [-0.3, -0.25) is 9.36 Å². The van der Waals surface area contributed by atoms with Crippen molar-refractivity contribution < 1.29 is 13.9 Å². The molecule has 0 aliphatic carbocycles. The highest BCUT2D eigenvalue weighted by Gasteiger charge is 2.14. The molecule has 0 N–H and O–H groups in total. The van der Waals surface area contributed by atoms with Crippen LogP contribution in [0.4, 0.5) is 0 Å². The average molecular weight is 322 g/mol. The number of ether oxygens (including phenoxy) is 2. The predicted octanol–water partition coefficient (Wildman–Crippen LogP) is 3.15. The zero-order valence-electron chi connectivity index (χ0n) is 13.1. The number of para-hydroxylation sites is 2. The minimum Gasteiger partial charge on any atom is -0.496 e. The zero-order valence-corrected chi connectivity index (χ0v) is 13.1. The van der Waals surface area contributed by atoms with Gasteiger partial charge in [0.2, 0.25) is 5.88 Å². The second-order valence-corrected chi connectivity index (χ2v) is 5.25. The number of rotatable bonds is 3. The molecule has 120 valence electrons. The van der Waals surface area contributed by atoms with Crippen LogP contribution < -0.4 is 14.9 Å². The molecule has 4 rings (SSSR count). The lowest BCUT2D eigenvalue weighted by atomic mass is 10.2. The third-order valence-corrected chi connectivity index (χ3v) is 3.90. The van der Waals surface area contributed by atoms with E-state index in [4.69, 9.17) is 13.9 Å². The molecule has 2 aromatic heterocycles. The summed E-state index contributed by atoms with van der Waals surface area (Å²) in [6.07, 6.45) is 1.63. The molecule has 0 radical (unpaired) electrons. The van der Waals surface area contributed by atoms with Crippen LogP contribution in [0.5, 0.6) is 11.5 Å². The average Bonchev–Trinajstić information content (AvgIpc) is 3.04. The van der Waals surface area contributed by atoms with Gasteiger partial charge in [0.05, 0.1) is 25.3 Å². The fraction of sp³-hybridized carbons (Fsp3) is 0.111. The van der Waals surface area contributed by atoms with Gasteiger partial charge in [-0.1, -0.05) is 12.1 Å². The number of hydrogen-bond acceptors (Lipinski definition) is 5. The molecule has 2 heterocycles. The van der Waals surface area contributed by atoms with Crippen LogP contribution in [0.3, 0.4) is 0 Å². The second-order valence-electron chi connectivity index (χ2n) is 5.25. The van der Waals surface area contributed by atoms with E-state index in [0.29, 0.717) is 28.4 Å². The van der Waals surface area contributed by atoms with E-state index in [0.717, 1.165) is 11.0 Å². The normalized spacial score (nSPS) is 11.1. The number of aromatic nitrogens is 2. The maximum Gasteiger partial charge on any atom is 0.209 e. The minimum atomic E-state index is -0.191. The Morgan fingerprint density at radius 2 is 1.92 bits per heavy atom. The maximum absolute atomic E-state index is 12.6. The Morgan fingerprint density at radius 1 is 1.08 bits per heavy atom. The van der Waals surface area contributed by atoms with E-state index < -0.39 is 0 Å². The van der Waals surface area contributed by atoms with Crippen molar-refractivity contribution >= 4 is 22.0 Å².